The Hall–Kier alpha value is -1.96. The lowest BCUT2D eigenvalue weighted by atomic mass is 10.3. The third-order valence-electron chi connectivity index (χ3n) is 2.57. The zero-order valence-electron chi connectivity index (χ0n) is 9.63. The van der Waals surface area contributed by atoms with Crippen molar-refractivity contribution >= 4 is 29.1 Å². The number of hydrogen-bond acceptors (Lipinski definition) is 5. The van der Waals surface area contributed by atoms with Crippen molar-refractivity contribution in [1.82, 2.24) is 14.8 Å². The first-order valence-corrected chi connectivity index (χ1v) is 6.10. The smallest absolute Gasteiger partial charge is 0.307 e. The molecule has 1 aromatic rings. The van der Waals surface area contributed by atoms with Crippen LogP contribution >= 0.6 is 11.3 Å². The average Bonchev–Trinajstić information content (AvgIpc) is 2.59. The maximum atomic E-state index is 11.9. The maximum Gasteiger partial charge on any atom is 0.307 e. The van der Waals surface area contributed by atoms with Crippen molar-refractivity contribution < 1.29 is 14.4 Å². The van der Waals surface area contributed by atoms with E-state index in [1.165, 1.54) is 4.57 Å². The molecule has 2 heterocycles. The second-order valence-electron chi connectivity index (χ2n) is 3.95. The molecule has 18 heavy (non-hydrogen) atoms. The Morgan fingerprint density at radius 1 is 1.33 bits per heavy atom. The zero-order valence-corrected chi connectivity index (χ0v) is 10.5. The Morgan fingerprint density at radius 3 is 2.44 bits per heavy atom. The molecule has 3 amide bonds. The fourth-order valence-corrected chi connectivity index (χ4v) is 2.38. The molecule has 0 unspecified atom stereocenters. The Kier molecular flexibility index (Phi) is 3.28. The molecule has 0 bridgehead atoms. The van der Waals surface area contributed by atoms with Gasteiger partial charge in [0.05, 0.1) is 0 Å². The van der Waals surface area contributed by atoms with E-state index in [2.05, 4.69) is 5.32 Å². The summed E-state index contributed by atoms with van der Waals surface area (Å²) < 4.78 is 1.32. The van der Waals surface area contributed by atoms with Crippen LogP contribution < -0.4 is 10.2 Å². The maximum absolute atomic E-state index is 11.9. The van der Waals surface area contributed by atoms with Crippen molar-refractivity contribution in [3.05, 3.63) is 20.7 Å². The number of carbonyl (C=O) groups excluding carboxylic acids is 3. The summed E-state index contributed by atoms with van der Waals surface area (Å²) in [5, 5.41) is 3.76. The third-order valence-corrected chi connectivity index (χ3v) is 3.45. The number of rotatable bonds is 2. The molecular weight excluding hydrogens is 258 g/mol. The largest absolute Gasteiger partial charge is 0.323 e. The summed E-state index contributed by atoms with van der Waals surface area (Å²) in [7, 11) is 0. The van der Waals surface area contributed by atoms with Crippen LogP contribution in [-0.4, -0.2) is 40.3 Å². The summed E-state index contributed by atoms with van der Waals surface area (Å²) >= 11 is 1.01. The van der Waals surface area contributed by atoms with Gasteiger partial charge < -0.3 is 4.90 Å². The minimum absolute atomic E-state index is 0.144. The summed E-state index contributed by atoms with van der Waals surface area (Å²) in [6.45, 7) is 1.28. The van der Waals surface area contributed by atoms with E-state index in [0.29, 0.717) is 5.69 Å². The van der Waals surface area contributed by atoms with E-state index in [9.17, 15) is 19.2 Å². The minimum Gasteiger partial charge on any atom is -0.323 e. The molecule has 1 aliphatic rings. The second kappa shape index (κ2) is 4.73. The summed E-state index contributed by atoms with van der Waals surface area (Å²) in [5.74, 6) is -1.43. The van der Waals surface area contributed by atoms with Gasteiger partial charge in [0.1, 0.15) is 19.6 Å². The number of imide groups is 1. The van der Waals surface area contributed by atoms with Gasteiger partial charge in [-0.2, -0.15) is 0 Å². The van der Waals surface area contributed by atoms with Crippen LogP contribution in [0.25, 0.3) is 0 Å². The van der Waals surface area contributed by atoms with Crippen LogP contribution in [0.15, 0.2) is 10.2 Å². The number of piperazine rings is 1. The van der Waals surface area contributed by atoms with Gasteiger partial charge in [-0.05, 0) is 6.92 Å². The number of aryl methyl sites for hydroxylation is 1. The molecule has 0 spiro atoms. The number of carbonyl (C=O) groups is 3. The molecule has 0 saturated carbocycles. The number of aromatic nitrogens is 1. The van der Waals surface area contributed by atoms with Gasteiger partial charge in [0.15, 0.2) is 0 Å². The second-order valence-corrected chi connectivity index (χ2v) is 4.77. The zero-order chi connectivity index (χ0) is 13.3. The Labute approximate surface area is 106 Å². The van der Waals surface area contributed by atoms with Crippen LogP contribution in [0.3, 0.4) is 0 Å². The predicted molar refractivity (Wildman–Crippen MR) is 63.0 cm³/mol. The molecule has 0 atom stereocenters. The van der Waals surface area contributed by atoms with Crippen LogP contribution in [-0.2, 0) is 20.9 Å². The molecule has 2 rings (SSSR count). The SMILES string of the molecule is Cc1csc(=O)n1CC(=O)N1CC(=O)NC(=O)C1. The topological polar surface area (TPSA) is 88.5 Å². The van der Waals surface area contributed by atoms with Crippen molar-refractivity contribution in [1.29, 1.82) is 0 Å². The molecular formula is C10H11N3O4S. The number of nitrogens with zero attached hydrogens (tertiary/aromatic N) is 2. The highest BCUT2D eigenvalue weighted by Gasteiger charge is 2.26. The predicted octanol–water partition coefficient (Wildman–Crippen LogP) is -1.30. The lowest BCUT2D eigenvalue weighted by Gasteiger charge is -2.25. The van der Waals surface area contributed by atoms with Crippen molar-refractivity contribution in [2.75, 3.05) is 13.1 Å². The lowest BCUT2D eigenvalue weighted by molar-refractivity contribution is -0.145. The summed E-state index contributed by atoms with van der Waals surface area (Å²) in [4.78, 5) is 46.5. The molecule has 0 radical (unpaired) electrons. The van der Waals surface area contributed by atoms with Crippen molar-refractivity contribution in [2.24, 2.45) is 0 Å². The first-order valence-electron chi connectivity index (χ1n) is 5.23. The highest BCUT2D eigenvalue weighted by molar-refractivity contribution is 7.07. The molecule has 1 aliphatic heterocycles. The minimum atomic E-state index is -0.506. The fraction of sp³-hybridized carbons (Fsp3) is 0.400. The van der Waals surface area contributed by atoms with Gasteiger partial charge in [0.25, 0.3) is 0 Å². The Morgan fingerprint density at radius 2 is 1.94 bits per heavy atom. The first-order chi connectivity index (χ1) is 8.47. The normalized spacial score (nSPS) is 15.7. The van der Waals surface area contributed by atoms with Crippen LogP contribution in [0.5, 0.6) is 0 Å². The first kappa shape index (κ1) is 12.5. The van der Waals surface area contributed by atoms with Crippen LogP contribution in [0.1, 0.15) is 5.69 Å². The van der Waals surface area contributed by atoms with E-state index in [4.69, 9.17) is 0 Å². The van der Waals surface area contributed by atoms with Gasteiger partial charge in [-0.15, -0.1) is 0 Å². The monoisotopic (exact) mass is 269 g/mol. The number of nitrogens with one attached hydrogen (secondary N) is 1. The van der Waals surface area contributed by atoms with Crippen LogP contribution in [0.4, 0.5) is 0 Å². The third kappa shape index (κ3) is 2.48. The molecule has 0 aliphatic carbocycles. The summed E-state index contributed by atoms with van der Waals surface area (Å²) in [6, 6.07) is 0. The number of thiazole rings is 1. The van der Waals surface area contributed by atoms with Crippen molar-refractivity contribution in [3.63, 3.8) is 0 Å². The molecule has 1 saturated heterocycles. The number of amides is 3. The van der Waals surface area contributed by atoms with Crippen LogP contribution in [0.2, 0.25) is 0 Å². The molecule has 7 nitrogen and oxygen atoms in total. The summed E-state index contributed by atoms with van der Waals surface area (Å²) in [5.41, 5.74) is 0.686. The van der Waals surface area contributed by atoms with Crippen molar-refractivity contribution in [2.45, 2.75) is 13.5 Å². The highest BCUT2D eigenvalue weighted by Crippen LogP contribution is 2.02. The molecule has 1 fully saturated rings. The highest BCUT2D eigenvalue weighted by atomic mass is 32.1. The van der Waals surface area contributed by atoms with E-state index in [-0.39, 0.29) is 24.5 Å². The molecule has 1 N–H and O–H groups in total. The van der Waals surface area contributed by atoms with E-state index in [1.807, 2.05) is 0 Å². The van der Waals surface area contributed by atoms with E-state index in [0.717, 1.165) is 16.2 Å². The standard InChI is InChI=1S/C10H11N3O4S/c1-6-5-18-10(17)13(6)4-9(16)12-2-7(14)11-8(15)3-12/h5H,2-4H2,1H3,(H,11,14,15). The quantitative estimate of drug-likeness (QED) is 0.676. The van der Waals surface area contributed by atoms with Crippen molar-refractivity contribution in [3.8, 4) is 0 Å². The Balaban J connectivity index is 2.11. The molecule has 96 valence electrons. The fourth-order valence-electron chi connectivity index (χ4n) is 1.64. The van der Waals surface area contributed by atoms with Gasteiger partial charge in [-0.1, -0.05) is 11.3 Å². The average molecular weight is 269 g/mol. The number of hydrogen-bond donors (Lipinski definition) is 1. The van der Waals surface area contributed by atoms with E-state index in [1.54, 1.807) is 12.3 Å². The lowest BCUT2D eigenvalue weighted by Crippen LogP contribution is -2.54. The molecule has 1 aromatic heterocycles. The van der Waals surface area contributed by atoms with E-state index >= 15 is 0 Å². The molecule has 8 heteroatoms. The van der Waals surface area contributed by atoms with Crippen LogP contribution in [0, 0.1) is 6.92 Å². The van der Waals surface area contributed by atoms with Gasteiger partial charge in [-0.25, -0.2) is 0 Å². The van der Waals surface area contributed by atoms with E-state index < -0.39 is 17.7 Å². The van der Waals surface area contributed by atoms with Gasteiger partial charge in [0.2, 0.25) is 17.7 Å². The van der Waals surface area contributed by atoms with Gasteiger partial charge in [-0.3, -0.25) is 29.1 Å². The molecule has 0 aromatic carbocycles. The summed E-state index contributed by atoms with van der Waals surface area (Å²) in [6.07, 6.45) is 0. The Bertz CT molecular complexity index is 558. The van der Waals surface area contributed by atoms with Gasteiger partial charge >= 0.3 is 4.87 Å². The van der Waals surface area contributed by atoms with Gasteiger partial charge in [0, 0.05) is 11.1 Å².